The summed E-state index contributed by atoms with van der Waals surface area (Å²) in [5.41, 5.74) is 1.48. The summed E-state index contributed by atoms with van der Waals surface area (Å²) in [7, 11) is 1.43. The number of aromatic nitrogens is 4. The van der Waals surface area contributed by atoms with Crippen LogP contribution >= 0.6 is 0 Å². The molecule has 0 bridgehead atoms. The SMILES string of the molecule is COc1ccc(F)cc1C(=O)Nc1cccc(-c2nnnn2C2CC2)c1. The van der Waals surface area contributed by atoms with E-state index in [0.717, 1.165) is 24.5 Å². The minimum Gasteiger partial charge on any atom is -0.496 e. The lowest BCUT2D eigenvalue weighted by Crippen LogP contribution is -2.13. The molecule has 0 aliphatic heterocycles. The van der Waals surface area contributed by atoms with Crippen LogP contribution in [0.25, 0.3) is 11.4 Å². The standard InChI is InChI=1S/C18H16FN5O2/c1-26-16-8-5-12(19)10-15(16)18(25)20-13-4-2-3-11(9-13)17-21-22-23-24(17)14-6-7-14/h2-5,8-10,14H,6-7H2,1H3,(H,20,25). The average Bonchev–Trinajstić information content (AvgIpc) is 3.38. The van der Waals surface area contributed by atoms with Crippen LogP contribution in [0.15, 0.2) is 42.5 Å². The summed E-state index contributed by atoms with van der Waals surface area (Å²) in [6.45, 7) is 0. The number of ether oxygens (including phenoxy) is 1. The summed E-state index contributed by atoms with van der Waals surface area (Å²) >= 11 is 0. The Kier molecular flexibility index (Phi) is 4.08. The molecule has 1 amide bonds. The molecule has 1 saturated carbocycles. The van der Waals surface area contributed by atoms with Crippen LogP contribution in [0.4, 0.5) is 10.1 Å². The van der Waals surface area contributed by atoms with Crippen molar-refractivity contribution in [2.75, 3.05) is 12.4 Å². The quantitative estimate of drug-likeness (QED) is 0.762. The fraction of sp³-hybridized carbons (Fsp3) is 0.222. The normalized spacial score (nSPS) is 13.5. The van der Waals surface area contributed by atoms with Crippen LogP contribution in [0.1, 0.15) is 29.2 Å². The van der Waals surface area contributed by atoms with Crippen LogP contribution in [0, 0.1) is 5.82 Å². The van der Waals surface area contributed by atoms with Crippen molar-refractivity contribution >= 4 is 11.6 Å². The average molecular weight is 353 g/mol. The molecule has 0 unspecified atom stereocenters. The molecule has 8 heteroatoms. The fourth-order valence-corrected chi connectivity index (χ4v) is 2.74. The van der Waals surface area contributed by atoms with E-state index in [1.54, 1.807) is 22.9 Å². The van der Waals surface area contributed by atoms with E-state index in [1.807, 2.05) is 6.07 Å². The lowest BCUT2D eigenvalue weighted by Gasteiger charge is -2.10. The fourth-order valence-electron chi connectivity index (χ4n) is 2.74. The number of hydrogen-bond acceptors (Lipinski definition) is 5. The molecule has 0 spiro atoms. The third kappa shape index (κ3) is 3.13. The highest BCUT2D eigenvalue weighted by atomic mass is 19.1. The van der Waals surface area contributed by atoms with Gasteiger partial charge in [-0.15, -0.1) is 5.10 Å². The van der Waals surface area contributed by atoms with Crippen LogP contribution in [-0.2, 0) is 0 Å². The first kappa shape index (κ1) is 16.2. The first-order valence-electron chi connectivity index (χ1n) is 8.19. The minimum atomic E-state index is -0.506. The summed E-state index contributed by atoms with van der Waals surface area (Å²) in [6, 6.07) is 11.4. The molecule has 132 valence electrons. The molecule has 1 aliphatic carbocycles. The smallest absolute Gasteiger partial charge is 0.259 e. The van der Waals surface area contributed by atoms with Crippen molar-refractivity contribution in [3.63, 3.8) is 0 Å². The van der Waals surface area contributed by atoms with Gasteiger partial charge in [0.05, 0.1) is 18.7 Å². The van der Waals surface area contributed by atoms with Crippen molar-refractivity contribution in [2.45, 2.75) is 18.9 Å². The summed E-state index contributed by atoms with van der Waals surface area (Å²) in [4.78, 5) is 12.5. The predicted octanol–water partition coefficient (Wildman–Crippen LogP) is 3.08. The Hall–Kier alpha value is -3.29. The minimum absolute atomic E-state index is 0.126. The van der Waals surface area contributed by atoms with E-state index < -0.39 is 11.7 Å². The van der Waals surface area contributed by atoms with Gasteiger partial charge in [0, 0.05) is 11.3 Å². The summed E-state index contributed by atoms with van der Waals surface area (Å²) < 4.78 is 20.4. The van der Waals surface area contributed by atoms with Gasteiger partial charge >= 0.3 is 0 Å². The topological polar surface area (TPSA) is 81.9 Å². The number of benzene rings is 2. The summed E-state index contributed by atoms with van der Waals surface area (Å²) in [5, 5.41) is 14.6. The number of carbonyl (C=O) groups excluding carboxylic acids is 1. The second-order valence-corrected chi connectivity index (χ2v) is 6.06. The van der Waals surface area contributed by atoms with Gasteiger partial charge in [-0.25, -0.2) is 9.07 Å². The molecule has 7 nitrogen and oxygen atoms in total. The molecule has 1 aromatic heterocycles. The maximum Gasteiger partial charge on any atom is 0.259 e. The van der Waals surface area contributed by atoms with Gasteiger partial charge < -0.3 is 10.1 Å². The number of anilines is 1. The Morgan fingerprint density at radius 3 is 2.88 bits per heavy atom. The lowest BCUT2D eigenvalue weighted by molar-refractivity contribution is 0.102. The van der Waals surface area contributed by atoms with E-state index in [2.05, 4.69) is 20.8 Å². The number of amides is 1. The van der Waals surface area contributed by atoms with E-state index >= 15 is 0 Å². The maximum absolute atomic E-state index is 13.5. The number of nitrogens with zero attached hydrogens (tertiary/aromatic N) is 4. The molecule has 0 saturated heterocycles. The van der Waals surface area contributed by atoms with Gasteiger partial charge in [-0.2, -0.15) is 0 Å². The number of methoxy groups -OCH3 is 1. The lowest BCUT2D eigenvalue weighted by atomic mass is 10.1. The van der Waals surface area contributed by atoms with Gasteiger partial charge in [-0.05, 0) is 53.6 Å². The van der Waals surface area contributed by atoms with Crippen LogP contribution in [0.3, 0.4) is 0 Å². The third-order valence-electron chi connectivity index (χ3n) is 4.17. The van der Waals surface area contributed by atoms with E-state index in [-0.39, 0.29) is 5.56 Å². The van der Waals surface area contributed by atoms with Gasteiger partial charge in [0.15, 0.2) is 5.82 Å². The van der Waals surface area contributed by atoms with Crippen molar-refractivity contribution in [1.82, 2.24) is 20.2 Å². The Labute approximate surface area is 148 Å². The highest BCUT2D eigenvalue weighted by Gasteiger charge is 2.28. The van der Waals surface area contributed by atoms with Crippen LogP contribution in [-0.4, -0.2) is 33.2 Å². The predicted molar refractivity (Wildman–Crippen MR) is 92.4 cm³/mol. The van der Waals surface area contributed by atoms with Gasteiger partial charge in [0.1, 0.15) is 11.6 Å². The number of halogens is 1. The molecule has 1 aliphatic rings. The van der Waals surface area contributed by atoms with Gasteiger partial charge in [0.25, 0.3) is 5.91 Å². The van der Waals surface area contributed by atoms with Gasteiger partial charge in [0.2, 0.25) is 0 Å². The van der Waals surface area contributed by atoms with Gasteiger partial charge in [-0.3, -0.25) is 4.79 Å². The monoisotopic (exact) mass is 353 g/mol. The Morgan fingerprint density at radius 2 is 2.12 bits per heavy atom. The molecular formula is C18H16FN5O2. The molecule has 1 heterocycles. The third-order valence-corrected chi connectivity index (χ3v) is 4.17. The molecule has 2 aromatic carbocycles. The molecule has 0 radical (unpaired) electrons. The second kappa shape index (κ2) is 6.55. The van der Waals surface area contributed by atoms with Gasteiger partial charge in [-0.1, -0.05) is 12.1 Å². The van der Waals surface area contributed by atoms with Crippen molar-refractivity contribution in [3.8, 4) is 17.1 Å². The van der Waals surface area contributed by atoms with Crippen molar-refractivity contribution in [3.05, 3.63) is 53.8 Å². The van der Waals surface area contributed by atoms with E-state index in [1.165, 1.54) is 19.2 Å². The Morgan fingerprint density at radius 1 is 1.27 bits per heavy atom. The van der Waals surface area contributed by atoms with E-state index in [0.29, 0.717) is 23.3 Å². The molecule has 4 rings (SSSR count). The first-order valence-corrected chi connectivity index (χ1v) is 8.19. The zero-order chi connectivity index (χ0) is 18.1. The first-order chi connectivity index (χ1) is 12.7. The largest absolute Gasteiger partial charge is 0.496 e. The highest BCUT2D eigenvalue weighted by Crippen LogP contribution is 2.36. The number of hydrogen-bond donors (Lipinski definition) is 1. The Balaban J connectivity index is 1.60. The molecule has 0 atom stereocenters. The highest BCUT2D eigenvalue weighted by molar-refractivity contribution is 6.06. The Bertz CT molecular complexity index is 968. The zero-order valence-electron chi connectivity index (χ0n) is 14.0. The van der Waals surface area contributed by atoms with Crippen molar-refractivity contribution in [2.24, 2.45) is 0 Å². The summed E-state index contributed by atoms with van der Waals surface area (Å²) in [5.74, 6) is -0.00161. The molecule has 1 N–H and O–H groups in total. The maximum atomic E-state index is 13.5. The van der Waals surface area contributed by atoms with Crippen LogP contribution in [0.5, 0.6) is 5.75 Å². The van der Waals surface area contributed by atoms with Crippen LogP contribution in [0.2, 0.25) is 0 Å². The van der Waals surface area contributed by atoms with E-state index in [4.69, 9.17) is 4.74 Å². The number of rotatable bonds is 5. The zero-order valence-corrected chi connectivity index (χ0v) is 14.0. The number of tetrazole rings is 1. The number of nitrogens with one attached hydrogen (secondary N) is 1. The van der Waals surface area contributed by atoms with Crippen LogP contribution < -0.4 is 10.1 Å². The number of carbonyl (C=O) groups is 1. The van der Waals surface area contributed by atoms with Crippen molar-refractivity contribution in [1.29, 1.82) is 0 Å². The van der Waals surface area contributed by atoms with Crippen molar-refractivity contribution < 1.29 is 13.9 Å². The second-order valence-electron chi connectivity index (χ2n) is 6.06. The molecule has 3 aromatic rings. The molecule has 1 fully saturated rings. The molecular weight excluding hydrogens is 337 g/mol. The molecule has 26 heavy (non-hydrogen) atoms. The van der Waals surface area contributed by atoms with E-state index in [9.17, 15) is 9.18 Å². The summed E-state index contributed by atoms with van der Waals surface area (Å²) in [6.07, 6.45) is 2.13.